The molecule has 0 saturated carbocycles. The summed E-state index contributed by atoms with van der Waals surface area (Å²) in [6, 6.07) is 6.28. The van der Waals surface area contributed by atoms with E-state index in [1.807, 2.05) is 7.05 Å². The number of nitrogens with zero attached hydrogens (tertiary/aromatic N) is 1. The molecule has 1 amide bonds. The first-order chi connectivity index (χ1) is 7.00. The first kappa shape index (κ1) is 11.6. The fourth-order valence-electron chi connectivity index (χ4n) is 1.63. The number of hydrogen-bond acceptors (Lipinski definition) is 2. The van der Waals surface area contributed by atoms with Crippen molar-refractivity contribution in [3.63, 3.8) is 0 Å². The van der Waals surface area contributed by atoms with E-state index in [1.54, 1.807) is 0 Å². The molecule has 3 heteroatoms. The molecular weight excluding hydrogens is 188 g/mol. The third kappa shape index (κ3) is 3.27. The summed E-state index contributed by atoms with van der Waals surface area (Å²) in [7, 11) is 1.97. The van der Waals surface area contributed by atoms with Crippen molar-refractivity contribution in [2.75, 3.05) is 18.5 Å². The van der Waals surface area contributed by atoms with E-state index in [0.29, 0.717) is 13.0 Å². The minimum absolute atomic E-state index is 0.258. The minimum Gasteiger partial charge on any atom is -0.374 e. The number of carbonyl (C=O) groups is 1. The van der Waals surface area contributed by atoms with Gasteiger partial charge < -0.3 is 10.6 Å². The van der Waals surface area contributed by atoms with Crippen LogP contribution in [-0.4, -0.2) is 19.5 Å². The molecule has 1 rings (SSSR count). The molecule has 0 unspecified atom stereocenters. The molecule has 0 saturated heterocycles. The van der Waals surface area contributed by atoms with Gasteiger partial charge in [-0.05, 0) is 25.5 Å². The fraction of sp³-hybridized carbons (Fsp3) is 0.417. The van der Waals surface area contributed by atoms with Gasteiger partial charge in [-0.2, -0.15) is 0 Å². The third-order valence-corrected chi connectivity index (χ3v) is 2.46. The Hall–Kier alpha value is -1.51. The molecule has 0 radical (unpaired) electrons. The lowest BCUT2D eigenvalue weighted by Crippen LogP contribution is -2.24. The third-order valence-electron chi connectivity index (χ3n) is 2.46. The number of carbonyl (C=O) groups excluding carboxylic acids is 1. The highest BCUT2D eigenvalue weighted by Crippen LogP contribution is 2.19. The summed E-state index contributed by atoms with van der Waals surface area (Å²) in [5.74, 6) is -0.258. The lowest BCUT2D eigenvalue weighted by Gasteiger charge is -2.21. The lowest BCUT2D eigenvalue weighted by atomic mass is 10.1. The molecular formula is C12H18N2O. The van der Waals surface area contributed by atoms with Crippen LogP contribution in [0.3, 0.4) is 0 Å². The summed E-state index contributed by atoms with van der Waals surface area (Å²) in [5, 5.41) is 0. The van der Waals surface area contributed by atoms with Gasteiger partial charge >= 0.3 is 0 Å². The molecule has 1 aromatic carbocycles. The van der Waals surface area contributed by atoms with Crippen LogP contribution in [0.25, 0.3) is 0 Å². The van der Waals surface area contributed by atoms with Crippen LogP contribution < -0.4 is 10.6 Å². The fourth-order valence-corrected chi connectivity index (χ4v) is 1.63. The molecule has 0 atom stereocenters. The van der Waals surface area contributed by atoms with Gasteiger partial charge in [-0.3, -0.25) is 4.79 Å². The molecule has 15 heavy (non-hydrogen) atoms. The maximum atomic E-state index is 10.7. The predicted molar refractivity (Wildman–Crippen MR) is 63.0 cm³/mol. The van der Waals surface area contributed by atoms with E-state index in [2.05, 4.69) is 36.9 Å². The normalized spacial score (nSPS) is 10.1. The van der Waals surface area contributed by atoms with Gasteiger partial charge in [-0.15, -0.1) is 0 Å². The second-order valence-corrected chi connectivity index (χ2v) is 3.93. The summed E-state index contributed by atoms with van der Waals surface area (Å²) >= 11 is 0. The summed E-state index contributed by atoms with van der Waals surface area (Å²) < 4.78 is 0. The minimum atomic E-state index is -0.258. The Kier molecular flexibility index (Phi) is 3.72. The zero-order chi connectivity index (χ0) is 11.4. The van der Waals surface area contributed by atoms with Gasteiger partial charge in [0.2, 0.25) is 5.91 Å². The van der Waals surface area contributed by atoms with Crippen LogP contribution in [0.15, 0.2) is 18.2 Å². The lowest BCUT2D eigenvalue weighted by molar-refractivity contribution is -0.117. The molecule has 1 aromatic rings. The largest absolute Gasteiger partial charge is 0.374 e. The highest BCUT2D eigenvalue weighted by Gasteiger charge is 2.05. The van der Waals surface area contributed by atoms with Crippen molar-refractivity contribution in [1.82, 2.24) is 0 Å². The number of hydrogen-bond donors (Lipinski definition) is 1. The molecule has 0 aliphatic carbocycles. The number of anilines is 1. The Labute approximate surface area is 90.9 Å². The van der Waals surface area contributed by atoms with Gasteiger partial charge in [0.05, 0.1) is 0 Å². The smallest absolute Gasteiger partial charge is 0.219 e. The number of rotatable bonds is 4. The van der Waals surface area contributed by atoms with Crippen LogP contribution in [0.5, 0.6) is 0 Å². The molecule has 0 spiro atoms. The van der Waals surface area contributed by atoms with Crippen molar-refractivity contribution in [3.05, 3.63) is 29.3 Å². The van der Waals surface area contributed by atoms with Gasteiger partial charge in [-0.25, -0.2) is 0 Å². The zero-order valence-corrected chi connectivity index (χ0v) is 9.58. The topological polar surface area (TPSA) is 46.3 Å². The van der Waals surface area contributed by atoms with Gasteiger partial charge in [0.25, 0.3) is 0 Å². The van der Waals surface area contributed by atoms with Crippen molar-refractivity contribution in [2.24, 2.45) is 5.73 Å². The van der Waals surface area contributed by atoms with Gasteiger partial charge in [0.1, 0.15) is 0 Å². The Balaban J connectivity index is 2.73. The van der Waals surface area contributed by atoms with E-state index in [0.717, 1.165) is 5.69 Å². The van der Waals surface area contributed by atoms with Crippen LogP contribution >= 0.6 is 0 Å². The first-order valence-electron chi connectivity index (χ1n) is 5.07. The summed E-state index contributed by atoms with van der Waals surface area (Å²) in [5.41, 5.74) is 8.74. The Morgan fingerprint density at radius 1 is 1.40 bits per heavy atom. The molecule has 0 aliphatic heterocycles. The highest BCUT2D eigenvalue weighted by atomic mass is 16.1. The standard InChI is InChI=1S/C12H18N2O/c1-9-4-5-11(10(2)8-9)14(3)7-6-12(13)15/h4-5,8H,6-7H2,1-3H3,(H2,13,15). The molecule has 0 aliphatic rings. The van der Waals surface area contributed by atoms with Crippen molar-refractivity contribution in [2.45, 2.75) is 20.3 Å². The van der Waals surface area contributed by atoms with Gasteiger partial charge in [0.15, 0.2) is 0 Å². The quantitative estimate of drug-likeness (QED) is 0.813. The first-order valence-corrected chi connectivity index (χ1v) is 5.07. The number of benzene rings is 1. The Morgan fingerprint density at radius 3 is 2.60 bits per heavy atom. The van der Waals surface area contributed by atoms with Crippen molar-refractivity contribution in [3.8, 4) is 0 Å². The molecule has 0 bridgehead atoms. The summed E-state index contributed by atoms with van der Waals surface area (Å²) in [6.07, 6.45) is 0.393. The number of primary amides is 1. The molecule has 0 heterocycles. The molecule has 82 valence electrons. The number of aryl methyl sites for hydroxylation is 2. The Bertz CT molecular complexity index is 361. The predicted octanol–water partition coefficient (Wildman–Crippen LogP) is 1.62. The second-order valence-electron chi connectivity index (χ2n) is 3.93. The highest BCUT2D eigenvalue weighted by molar-refractivity contribution is 5.74. The van der Waals surface area contributed by atoms with E-state index < -0.39 is 0 Å². The molecule has 0 aromatic heterocycles. The average molecular weight is 206 g/mol. The average Bonchev–Trinajstić information content (AvgIpc) is 2.14. The van der Waals surface area contributed by atoms with Crippen molar-refractivity contribution in [1.29, 1.82) is 0 Å². The van der Waals surface area contributed by atoms with E-state index >= 15 is 0 Å². The van der Waals surface area contributed by atoms with Gasteiger partial charge in [-0.1, -0.05) is 17.7 Å². The molecule has 2 N–H and O–H groups in total. The SMILES string of the molecule is Cc1ccc(N(C)CCC(N)=O)c(C)c1. The molecule has 0 fully saturated rings. The van der Waals surface area contributed by atoms with Crippen LogP contribution in [0.1, 0.15) is 17.5 Å². The van der Waals surface area contributed by atoms with Crippen molar-refractivity contribution >= 4 is 11.6 Å². The van der Waals surface area contributed by atoms with Crippen LogP contribution in [0.4, 0.5) is 5.69 Å². The van der Waals surface area contributed by atoms with E-state index in [-0.39, 0.29) is 5.91 Å². The van der Waals surface area contributed by atoms with Crippen molar-refractivity contribution < 1.29 is 4.79 Å². The van der Waals surface area contributed by atoms with E-state index in [1.165, 1.54) is 11.1 Å². The maximum absolute atomic E-state index is 10.7. The zero-order valence-electron chi connectivity index (χ0n) is 9.58. The number of nitrogens with two attached hydrogens (primary N) is 1. The second kappa shape index (κ2) is 4.82. The van der Waals surface area contributed by atoms with E-state index in [4.69, 9.17) is 5.73 Å². The number of amides is 1. The Morgan fingerprint density at radius 2 is 2.07 bits per heavy atom. The monoisotopic (exact) mass is 206 g/mol. The summed E-state index contributed by atoms with van der Waals surface area (Å²) in [6.45, 7) is 4.81. The van der Waals surface area contributed by atoms with E-state index in [9.17, 15) is 4.79 Å². The van der Waals surface area contributed by atoms with Crippen LogP contribution in [-0.2, 0) is 4.79 Å². The molecule has 3 nitrogen and oxygen atoms in total. The van der Waals surface area contributed by atoms with Gasteiger partial charge in [0, 0.05) is 25.7 Å². The summed E-state index contributed by atoms with van der Waals surface area (Å²) in [4.78, 5) is 12.7. The van der Waals surface area contributed by atoms with Crippen LogP contribution in [0, 0.1) is 13.8 Å². The maximum Gasteiger partial charge on any atom is 0.219 e. The van der Waals surface area contributed by atoms with Crippen LogP contribution in [0.2, 0.25) is 0 Å².